The normalized spacial score (nSPS) is 10.8. The SMILES string of the molecule is Cn1nc(-c2ccc(F)cc2)c(-c2ccncc2)c1N(C(=O)CCl)c1ccccc1Cl. The van der Waals surface area contributed by atoms with Crippen LogP contribution < -0.4 is 4.90 Å². The van der Waals surface area contributed by atoms with Gasteiger partial charge in [0.15, 0.2) is 0 Å². The number of para-hydroxylation sites is 1. The average Bonchev–Trinajstić information content (AvgIpc) is 3.13. The van der Waals surface area contributed by atoms with E-state index < -0.39 is 0 Å². The largest absolute Gasteiger partial charge is 0.273 e. The van der Waals surface area contributed by atoms with Gasteiger partial charge in [-0.3, -0.25) is 19.4 Å². The predicted molar refractivity (Wildman–Crippen MR) is 121 cm³/mol. The van der Waals surface area contributed by atoms with Crippen molar-refractivity contribution in [3.05, 3.63) is 83.9 Å². The number of hydrogen-bond donors (Lipinski definition) is 0. The molecule has 0 spiro atoms. The van der Waals surface area contributed by atoms with Gasteiger partial charge in [-0.2, -0.15) is 5.10 Å². The van der Waals surface area contributed by atoms with Crippen LogP contribution in [0, 0.1) is 5.82 Å². The lowest BCUT2D eigenvalue weighted by atomic mass is 10.0. The number of halogens is 3. The lowest BCUT2D eigenvalue weighted by Gasteiger charge is -2.24. The van der Waals surface area contributed by atoms with Crippen molar-refractivity contribution in [2.24, 2.45) is 7.05 Å². The Morgan fingerprint density at radius 1 is 1.03 bits per heavy atom. The van der Waals surface area contributed by atoms with Crippen molar-refractivity contribution < 1.29 is 9.18 Å². The van der Waals surface area contributed by atoms with E-state index >= 15 is 0 Å². The highest BCUT2D eigenvalue weighted by molar-refractivity contribution is 6.35. The topological polar surface area (TPSA) is 51.0 Å². The van der Waals surface area contributed by atoms with Gasteiger partial charge >= 0.3 is 0 Å². The second kappa shape index (κ2) is 8.88. The Bertz CT molecular complexity index is 1230. The van der Waals surface area contributed by atoms with Crippen molar-refractivity contribution >= 4 is 40.6 Å². The van der Waals surface area contributed by atoms with Crippen molar-refractivity contribution in [1.29, 1.82) is 0 Å². The van der Waals surface area contributed by atoms with E-state index in [2.05, 4.69) is 10.1 Å². The van der Waals surface area contributed by atoms with Crippen LogP contribution >= 0.6 is 23.2 Å². The first-order valence-corrected chi connectivity index (χ1v) is 10.3. The first-order chi connectivity index (χ1) is 15.0. The lowest BCUT2D eigenvalue weighted by Crippen LogP contribution is -2.29. The maximum absolute atomic E-state index is 13.5. The molecule has 2 aromatic carbocycles. The molecule has 2 aromatic heterocycles. The Balaban J connectivity index is 2.04. The fourth-order valence-electron chi connectivity index (χ4n) is 3.43. The minimum atomic E-state index is -0.362. The van der Waals surface area contributed by atoms with Gasteiger partial charge in [-0.05, 0) is 54.1 Å². The molecule has 0 atom stereocenters. The van der Waals surface area contributed by atoms with Crippen LogP contribution in [0.15, 0.2) is 73.1 Å². The zero-order valence-corrected chi connectivity index (χ0v) is 18.0. The predicted octanol–water partition coefficient (Wildman–Crippen LogP) is 5.85. The first kappa shape index (κ1) is 21.0. The number of benzene rings is 2. The number of pyridine rings is 1. The Morgan fingerprint density at radius 2 is 1.71 bits per heavy atom. The van der Waals surface area contributed by atoms with Crippen LogP contribution in [-0.2, 0) is 11.8 Å². The molecule has 0 radical (unpaired) electrons. The number of carbonyl (C=O) groups is 1. The number of rotatable bonds is 5. The molecule has 4 rings (SSSR count). The zero-order valence-electron chi connectivity index (χ0n) is 16.5. The third-order valence-corrected chi connectivity index (χ3v) is 5.32. The van der Waals surface area contributed by atoms with Crippen LogP contribution in [0.1, 0.15) is 0 Å². The molecule has 0 fully saturated rings. The van der Waals surface area contributed by atoms with E-state index in [4.69, 9.17) is 23.2 Å². The van der Waals surface area contributed by atoms with Crippen molar-refractivity contribution in [1.82, 2.24) is 14.8 Å². The number of alkyl halides is 1. The molecule has 0 bridgehead atoms. The Morgan fingerprint density at radius 3 is 2.35 bits per heavy atom. The number of aryl methyl sites for hydroxylation is 1. The third-order valence-electron chi connectivity index (χ3n) is 4.77. The van der Waals surface area contributed by atoms with Crippen molar-refractivity contribution in [2.75, 3.05) is 10.8 Å². The summed E-state index contributed by atoms with van der Waals surface area (Å²) >= 11 is 12.4. The molecule has 5 nitrogen and oxygen atoms in total. The van der Waals surface area contributed by atoms with E-state index in [-0.39, 0.29) is 17.6 Å². The van der Waals surface area contributed by atoms with Gasteiger partial charge in [-0.25, -0.2) is 4.39 Å². The van der Waals surface area contributed by atoms with Gasteiger partial charge < -0.3 is 0 Å². The van der Waals surface area contributed by atoms with Crippen LogP contribution in [0.3, 0.4) is 0 Å². The summed E-state index contributed by atoms with van der Waals surface area (Å²) in [6.45, 7) is 0. The molecule has 156 valence electrons. The summed E-state index contributed by atoms with van der Waals surface area (Å²) < 4.78 is 15.1. The van der Waals surface area contributed by atoms with Gasteiger partial charge in [0.25, 0.3) is 0 Å². The first-order valence-electron chi connectivity index (χ1n) is 9.38. The van der Waals surface area contributed by atoms with Crippen molar-refractivity contribution in [2.45, 2.75) is 0 Å². The molecule has 0 unspecified atom stereocenters. The monoisotopic (exact) mass is 454 g/mol. The summed E-state index contributed by atoms with van der Waals surface area (Å²) in [6.07, 6.45) is 3.31. The molecular formula is C23H17Cl2FN4O. The number of nitrogens with zero attached hydrogens (tertiary/aromatic N) is 4. The van der Waals surface area contributed by atoms with Gasteiger partial charge in [0, 0.05) is 25.0 Å². The molecule has 0 aliphatic rings. The number of aromatic nitrogens is 3. The summed E-state index contributed by atoms with van der Waals surface area (Å²) in [5, 5.41) is 5.07. The fourth-order valence-corrected chi connectivity index (χ4v) is 3.76. The van der Waals surface area contributed by atoms with E-state index in [9.17, 15) is 9.18 Å². The third kappa shape index (κ3) is 4.04. The molecule has 0 N–H and O–H groups in total. The van der Waals surface area contributed by atoms with Gasteiger partial charge in [0.2, 0.25) is 5.91 Å². The molecule has 31 heavy (non-hydrogen) atoms. The molecular weight excluding hydrogens is 438 g/mol. The van der Waals surface area contributed by atoms with E-state index in [0.717, 1.165) is 5.56 Å². The Kier molecular flexibility index (Phi) is 6.02. The maximum atomic E-state index is 13.5. The molecule has 1 amide bonds. The summed E-state index contributed by atoms with van der Waals surface area (Å²) in [5.74, 6) is -0.471. The van der Waals surface area contributed by atoms with Gasteiger partial charge in [-0.15, -0.1) is 11.6 Å². The zero-order chi connectivity index (χ0) is 22.0. The minimum absolute atomic E-state index is 0.252. The van der Waals surface area contributed by atoms with Crippen molar-refractivity contribution in [3.8, 4) is 22.4 Å². The number of hydrogen-bond acceptors (Lipinski definition) is 3. The lowest BCUT2D eigenvalue weighted by molar-refractivity contribution is -0.115. The highest BCUT2D eigenvalue weighted by Gasteiger charge is 2.29. The summed E-state index contributed by atoms with van der Waals surface area (Å²) in [7, 11) is 1.73. The van der Waals surface area contributed by atoms with E-state index in [0.29, 0.717) is 33.3 Å². The summed E-state index contributed by atoms with van der Waals surface area (Å²) in [4.78, 5) is 18.6. The molecule has 0 aliphatic carbocycles. The molecule has 2 heterocycles. The second-order valence-corrected chi connectivity index (χ2v) is 7.40. The van der Waals surface area contributed by atoms with E-state index in [1.165, 1.54) is 17.0 Å². The highest BCUT2D eigenvalue weighted by atomic mass is 35.5. The number of anilines is 2. The van der Waals surface area contributed by atoms with Gasteiger partial charge in [0.05, 0.1) is 16.3 Å². The number of carbonyl (C=O) groups excluding carboxylic acids is 1. The average molecular weight is 455 g/mol. The number of amides is 1. The van der Waals surface area contributed by atoms with Gasteiger partial charge in [-0.1, -0.05) is 23.7 Å². The molecule has 8 heteroatoms. The maximum Gasteiger partial charge on any atom is 0.247 e. The van der Waals surface area contributed by atoms with Gasteiger partial charge in [0.1, 0.15) is 23.2 Å². The van der Waals surface area contributed by atoms with Crippen LogP contribution in [-0.4, -0.2) is 26.6 Å². The summed E-state index contributed by atoms with van der Waals surface area (Å²) in [5.41, 5.74) is 3.24. The Hall–Kier alpha value is -3.22. The van der Waals surface area contributed by atoms with Crippen LogP contribution in [0.5, 0.6) is 0 Å². The smallest absolute Gasteiger partial charge is 0.247 e. The highest BCUT2D eigenvalue weighted by Crippen LogP contribution is 2.43. The Labute approximate surface area is 188 Å². The quantitative estimate of drug-likeness (QED) is 0.355. The van der Waals surface area contributed by atoms with Crippen LogP contribution in [0.25, 0.3) is 22.4 Å². The fraction of sp³-hybridized carbons (Fsp3) is 0.0870. The molecule has 0 saturated carbocycles. The second-order valence-electron chi connectivity index (χ2n) is 6.73. The van der Waals surface area contributed by atoms with Crippen LogP contribution in [0.4, 0.5) is 15.9 Å². The van der Waals surface area contributed by atoms with Crippen LogP contribution in [0.2, 0.25) is 5.02 Å². The standard InChI is InChI=1S/C23H17Cl2FN4O/c1-29-23(30(20(31)14-24)19-5-3-2-4-18(19)25)21(15-10-12-27-13-11-15)22(28-29)16-6-8-17(26)9-7-16/h2-13H,14H2,1H3. The molecule has 0 saturated heterocycles. The minimum Gasteiger partial charge on any atom is -0.273 e. The molecule has 0 aliphatic heterocycles. The van der Waals surface area contributed by atoms with E-state index in [1.54, 1.807) is 60.5 Å². The van der Waals surface area contributed by atoms with E-state index in [1.807, 2.05) is 12.1 Å². The summed E-state index contributed by atoms with van der Waals surface area (Å²) in [6, 6.07) is 16.7. The molecule has 4 aromatic rings. The van der Waals surface area contributed by atoms with Crippen molar-refractivity contribution in [3.63, 3.8) is 0 Å².